The molecule has 186 valence electrons. The standard InChI is InChI=1S/C27H20BrN3O6/c1-37-22-8-7-14(11-20(22)32)23-16-9-10-29-26(35)30(15-5-3-2-4-6-15)27(36)31(29)19(16)12-17-24(23)21(33)13-18(28)25(17)34/h2-9,11,13,19,23,32H,10,12H2,1H3. The number of benzene rings is 2. The number of aromatic nitrogens is 3. The maximum Gasteiger partial charge on any atom is 0.352 e. The average molecular weight is 562 g/mol. The fourth-order valence-electron chi connectivity index (χ4n) is 5.54. The molecule has 1 aromatic heterocycles. The topological polar surface area (TPSA) is 113 Å². The molecule has 0 saturated carbocycles. The molecular formula is C27H20BrN3O6. The maximum atomic E-state index is 13.7. The van der Waals surface area contributed by atoms with E-state index in [2.05, 4.69) is 15.9 Å². The van der Waals surface area contributed by atoms with E-state index in [0.29, 0.717) is 22.4 Å². The summed E-state index contributed by atoms with van der Waals surface area (Å²) in [5, 5.41) is 10.5. The highest BCUT2D eigenvalue weighted by atomic mass is 79.9. The minimum Gasteiger partial charge on any atom is -0.504 e. The fraction of sp³-hybridized carbons (Fsp3) is 0.185. The monoisotopic (exact) mass is 561 g/mol. The van der Waals surface area contributed by atoms with E-state index in [4.69, 9.17) is 4.74 Å². The number of hydrogen-bond donors (Lipinski definition) is 1. The largest absolute Gasteiger partial charge is 0.504 e. The first-order valence-electron chi connectivity index (χ1n) is 11.6. The molecule has 2 aromatic carbocycles. The van der Waals surface area contributed by atoms with Crippen LogP contribution in [0, 0.1) is 0 Å². The van der Waals surface area contributed by atoms with E-state index in [0.717, 1.165) is 4.57 Å². The summed E-state index contributed by atoms with van der Waals surface area (Å²) in [6.07, 6.45) is 3.17. The number of rotatable bonds is 3. The number of phenolic OH excluding ortho intramolecular Hbond substituents is 1. The number of Topliss-reactive ketones (excluding diaryl/α,β-unsaturated/α-hetero) is 1. The van der Waals surface area contributed by atoms with Crippen LogP contribution in [0.4, 0.5) is 0 Å². The van der Waals surface area contributed by atoms with Crippen molar-refractivity contribution in [1.29, 1.82) is 0 Å². The van der Waals surface area contributed by atoms with E-state index >= 15 is 0 Å². The zero-order valence-corrected chi connectivity index (χ0v) is 21.1. The van der Waals surface area contributed by atoms with Crippen LogP contribution in [0.25, 0.3) is 5.69 Å². The quantitative estimate of drug-likeness (QED) is 0.388. The molecule has 3 aliphatic rings. The van der Waals surface area contributed by atoms with Gasteiger partial charge in [0.2, 0.25) is 0 Å². The molecule has 10 heteroatoms. The number of phenols is 1. The van der Waals surface area contributed by atoms with Crippen molar-refractivity contribution in [2.45, 2.75) is 24.9 Å². The van der Waals surface area contributed by atoms with Crippen LogP contribution in [0.5, 0.6) is 11.5 Å². The van der Waals surface area contributed by atoms with Crippen LogP contribution in [0.3, 0.4) is 0 Å². The summed E-state index contributed by atoms with van der Waals surface area (Å²) in [5.41, 5.74) is 1.29. The summed E-state index contributed by atoms with van der Waals surface area (Å²) < 4.78 is 9.17. The van der Waals surface area contributed by atoms with Crippen LogP contribution in [-0.2, 0) is 16.1 Å². The number of halogens is 1. The van der Waals surface area contributed by atoms with Crippen molar-refractivity contribution in [2.24, 2.45) is 0 Å². The zero-order valence-electron chi connectivity index (χ0n) is 19.6. The van der Waals surface area contributed by atoms with E-state index in [-0.39, 0.29) is 46.1 Å². The number of nitrogens with zero attached hydrogens (tertiary/aromatic N) is 3. The average Bonchev–Trinajstić information content (AvgIpc) is 3.16. The van der Waals surface area contributed by atoms with Gasteiger partial charge in [-0.3, -0.25) is 9.59 Å². The molecule has 0 amide bonds. The van der Waals surface area contributed by atoms with Crippen molar-refractivity contribution in [2.75, 3.05) is 7.11 Å². The van der Waals surface area contributed by atoms with E-state index in [1.165, 1.54) is 28.6 Å². The van der Waals surface area contributed by atoms with Crippen molar-refractivity contribution in [3.8, 4) is 17.2 Å². The van der Waals surface area contributed by atoms with Gasteiger partial charge < -0.3 is 9.84 Å². The third kappa shape index (κ3) is 3.36. The number of hydrogen-bond acceptors (Lipinski definition) is 6. The van der Waals surface area contributed by atoms with E-state index in [9.17, 15) is 24.3 Å². The van der Waals surface area contributed by atoms with Crippen molar-refractivity contribution >= 4 is 27.5 Å². The Kier molecular flexibility index (Phi) is 5.30. The molecular weight excluding hydrogens is 542 g/mol. The molecule has 3 aromatic rings. The molecule has 1 aliphatic heterocycles. The van der Waals surface area contributed by atoms with Crippen molar-refractivity contribution in [3.63, 3.8) is 0 Å². The number of allylic oxidation sites excluding steroid dienone is 6. The molecule has 6 rings (SSSR count). The molecule has 1 N–H and O–H groups in total. The van der Waals surface area contributed by atoms with E-state index < -0.39 is 23.3 Å². The summed E-state index contributed by atoms with van der Waals surface area (Å²) in [7, 11) is 1.43. The molecule has 2 aliphatic carbocycles. The number of ketones is 2. The van der Waals surface area contributed by atoms with Crippen molar-refractivity contribution in [3.05, 3.63) is 108 Å². The Morgan fingerprint density at radius 2 is 1.78 bits per heavy atom. The predicted octanol–water partition coefficient (Wildman–Crippen LogP) is 2.91. The molecule has 9 nitrogen and oxygen atoms in total. The maximum absolute atomic E-state index is 13.7. The van der Waals surface area contributed by atoms with Gasteiger partial charge in [-0.25, -0.2) is 23.5 Å². The van der Waals surface area contributed by atoms with Crippen molar-refractivity contribution in [1.82, 2.24) is 13.9 Å². The van der Waals surface area contributed by atoms with E-state index in [1.54, 1.807) is 42.5 Å². The molecule has 0 radical (unpaired) electrons. The third-order valence-corrected chi connectivity index (χ3v) is 7.74. The molecule has 0 spiro atoms. The lowest BCUT2D eigenvalue weighted by atomic mass is 9.69. The second-order valence-corrected chi connectivity index (χ2v) is 9.88. The molecule has 2 unspecified atom stereocenters. The second-order valence-electron chi connectivity index (χ2n) is 9.03. The van der Waals surface area contributed by atoms with Crippen LogP contribution < -0.4 is 16.1 Å². The van der Waals surface area contributed by atoms with Crippen molar-refractivity contribution < 1.29 is 19.4 Å². The smallest absolute Gasteiger partial charge is 0.352 e. The number of aromatic hydroxyl groups is 1. The van der Waals surface area contributed by atoms with Crippen LogP contribution in [0.2, 0.25) is 0 Å². The first-order valence-corrected chi connectivity index (χ1v) is 12.4. The summed E-state index contributed by atoms with van der Waals surface area (Å²) in [6.45, 7) is 0.114. The van der Waals surface area contributed by atoms with Gasteiger partial charge in [0.1, 0.15) is 0 Å². The SMILES string of the molecule is COc1ccc(C2C3=CCn4c(=O)n(-c5ccccc5)c(=O)n4C3CC3=C2C(=O)C=C(Br)C3=O)cc1O. The van der Waals surface area contributed by atoms with Gasteiger partial charge in [-0.1, -0.05) is 30.3 Å². The second kappa shape index (κ2) is 8.45. The molecule has 0 bridgehead atoms. The summed E-state index contributed by atoms with van der Waals surface area (Å²) in [6, 6.07) is 12.8. The minimum absolute atomic E-state index is 0.0749. The lowest BCUT2D eigenvalue weighted by Crippen LogP contribution is -2.40. The Labute approximate surface area is 218 Å². The molecule has 0 saturated heterocycles. The van der Waals surface area contributed by atoms with Gasteiger partial charge in [-0.05, 0) is 51.3 Å². The third-order valence-electron chi connectivity index (χ3n) is 7.15. The number of fused-ring (bicyclic) bond motifs is 3. The van der Waals surface area contributed by atoms with Gasteiger partial charge in [0.25, 0.3) is 0 Å². The van der Waals surface area contributed by atoms with Gasteiger partial charge in [-0.15, -0.1) is 0 Å². The highest BCUT2D eigenvalue weighted by Crippen LogP contribution is 2.50. The Hall–Kier alpha value is -4.18. The molecule has 2 heterocycles. The van der Waals surface area contributed by atoms with Crippen LogP contribution in [0.15, 0.2) is 91.5 Å². The summed E-state index contributed by atoms with van der Waals surface area (Å²) >= 11 is 3.20. The zero-order chi connectivity index (χ0) is 26.0. The van der Waals surface area contributed by atoms with Crippen LogP contribution in [-0.4, -0.2) is 37.7 Å². The van der Waals surface area contributed by atoms with Gasteiger partial charge in [-0.2, -0.15) is 0 Å². The molecule has 37 heavy (non-hydrogen) atoms. The van der Waals surface area contributed by atoms with Gasteiger partial charge >= 0.3 is 11.4 Å². The highest BCUT2D eigenvalue weighted by molar-refractivity contribution is 9.12. The first kappa shape index (κ1) is 23.2. The Morgan fingerprint density at radius 1 is 1.03 bits per heavy atom. The van der Waals surface area contributed by atoms with Crippen LogP contribution in [0.1, 0.15) is 23.9 Å². The number of carbonyl (C=O) groups excluding carboxylic acids is 2. The van der Waals surface area contributed by atoms with Gasteiger partial charge in [0, 0.05) is 29.6 Å². The normalized spacial score (nSPS) is 20.6. The van der Waals surface area contributed by atoms with Gasteiger partial charge in [0.05, 0.1) is 29.9 Å². The molecule has 2 atom stereocenters. The van der Waals surface area contributed by atoms with E-state index in [1.807, 2.05) is 6.08 Å². The fourth-order valence-corrected chi connectivity index (χ4v) is 5.99. The number of para-hydroxylation sites is 1. The van der Waals surface area contributed by atoms with Crippen LogP contribution >= 0.6 is 15.9 Å². The molecule has 0 fully saturated rings. The lowest BCUT2D eigenvalue weighted by Gasteiger charge is -2.39. The Balaban J connectivity index is 1.58. The number of ether oxygens (including phenoxy) is 1. The Morgan fingerprint density at radius 3 is 2.49 bits per heavy atom. The number of carbonyl (C=O) groups is 2. The Bertz CT molecular complexity index is 1720. The first-order chi connectivity index (χ1) is 17.8. The summed E-state index contributed by atoms with van der Waals surface area (Å²) in [4.78, 5) is 53.5. The summed E-state index contributed by atoms with van der Waals surface area (Å²) in [5.74, 6) is -1.21. The number of methoxy groups -OCH3 is 1. The lowest BCUT2D eigenvalue weighted by molar-refractivity contribution is -0.115. The minimum atomic E-state index is -0.699. The van der Waals surface area contributed by atoms with Gasteiger partial charge in [0.15, 0.2) is 23.1 Å². The predicted molar refractivity (Wildman–Crippen MR) is 137 cm³/mol. The highest BCUT2D eigenvalue weighted by Gasteiger charge is 2.45.